The molecule has 0 saturated heterocycles. The molecule has 0 saturated carbocycles. The molecule has 1 N–H and O–H groups in total. The fourth-order valence-electron chi connectivity index (χ4n) is 1.91. The number of fused-ring (bicyclic) bond motifs is 1. The van der Waals surface area contributed by atoms with Crippen LogP contribution in [-0.4, -0.2) is 11.5 Å². The highest BCUT2D eigenvalue weighted by Gasteiger charge is 2.26. The molecule has 0 aromatic carbocycles. The Balaban J connectivity index is 2.07. The predicted octanol–water partition coefficient (Wildman–Crippen LogP) is 2.62. The summed E-state index contributed by atoms with van der Waals surface area (Å²) in [4.78, 5) is 5.13. The molecule has 1 aliphatic heterocycles. The summed E-state index contributed by atoms with van der Waals surface area (Å²) in [5.74, 6) is 1.06. The fraction of sp³-hybridized carbons (Fsp3) is 0.300. The van der Waals surface area contributed by atoms with Gasteiger partial charge in [0.2, 0.25) is 0 Å². The Labute approximate surface area is 96.1 Å². The Kier molecular flexibility index (Phi) is 2.27. The van der Waals surface area contributed by atoms with Gasteiger partial charge in [0.25, 0.3) is 0 Å². The third-order valence-electron chi connectivity index (χ3n) is 2.60. The SMILES string of the molecule is Clc1ncsc1C1NCCc2occc21. The summed E-state index contributed by atoms with van der Waals surface area (Å²) in [6.07, 6.45) is 2.68. The minimum Gasteiger partial charge on any atom is -0.469 e. The topological polar surface area (TPSA) is 38.1 Å². The van der Waals surface area contributed by atoms with Crippen molar-refractivity contribution in [1.29, 1.82) is 0 Å². The van der Waals surface area contributed by atoms with Crippen molar-refractivity contribution in [2.45, 2.75) is 12.5 Å². The van der Waals surface area contributed by atoms with Gasteiger partial charge >= 0.3 is 0 Å². The van der Waals surface area contributed by atoms with E-state index in [0.717, 1.165) is 23.6 Å². The van der Waals surface area contributed by atoms with Crippen molar-refractivity contribution in [1.82, 2.24) is 10.3 Å². The van der Waals surface area contributed by atoms with E-state index in [4.69, 9.17) is 16.0 Å². The smallest absolute Gasteiger partial charge is 0.145 e. The number of aromatic nitrogens is 1. The third-order valence-corrected chi connectivity index (χ3v) is 3.91. The van der Waals surface area contributed by atoms with Gasteiger partial charge in [-0.15, -0.1) is 11.3 Å². The van der Waals surface area contributed by atoms with Crippen molar-refractivity contribution in [2.24, 2.45) is 0 Å². The van der Waals surface area contributed by atoms with Gasteiger partial charge in [0, 0.05) is 18.5 Å². The van der Waals surface area contributed by atoms with Crippen LogP contribution in [0.2, 0.25) is 5.15 Å². The van der Waals surface area contributed by atoms with Gasteiger partial charge in [0.05, 0.1) is 22.7 Å². The molecule has 2 aromatic rings. The quantitative estimate of drug-likeness (QED) is 0.833. The van der Waals surface area contributed by atoms with Gasteiger partial charge in [-0.2, -0.15) is 0 Å². The first kappa shape index (κ1) is 9.39. The van der Waals surface area contributed by atoms with Crippen LogP contribution in [0.1, 0.15) is 22.2 Å². The lowest BCUT2D eigenvalue weighted by atomic mass is 10.0. The van der Waals surface area contributed by atoms with Crippen LogP contribution in [0.3, 0.4) is 0 Å². The molecule has 0 spiro atoms. The molecule has 1 aliphatic rings. The largest absolute Gasteiger partial charge is 0.469 e. The Morgan fingerprint density at radius 1 is 1.60 bits per heavy atom. The fourth-order valence-corrected chi connectivity index (χ4v) is 3.03. The van der Waals surface area contributed by atoms with Gasteiger partial charge in [-0.3, -0.25) is 0 Å². The van der Waals surface area contributed by atoms with Crippen LogP contribution in [-0.2, 0) is 6.42 Å². The maximum absolute atomic E-state index is 6.04. The number of hydrogen-bond acceptors (Lipinski definition) is 4. The lowest BCUT2D eigenvalue weighted by Gasteiger charge is -2.22. The maximum atomic E-state index is 6.04. The summed E-state index contributed by atoms with van der Waals surface area (Å²) in [7, 11) is 0. The van der Waals surface area contributed by atoms with Crippen molar-refractivity contribution >= 4 is 22.9 Å². The molecule has 1 unspecified atom stereocenters. The molecule has 2 aromatic heterocycles. The predicted molar refractivity (Wildman–Crippen MR) is 59.4 cm³/mol. The van der Waals surface area contributed by atoms with Crippen LogP contribution in [0.4, 0.5) is 0 Å². The van der Waals surface area contributed by atoms with Gasteiger partial charge < -0.3 is 9.73 Å². The van der Waals surface area contributed by atoms with Crippen LogP contribution >= 0.6 is 22.9 Å². The van der Waals surface area contributed by atoms with E-state index in [1.54, 1.807) is 23.1 Å². The van der Waals surface area contributed by atoms with E-state index >= 15 is 0 Å². The summed E-state index contributed by atoms with van der Waals surface area (Å²) in [5, 5.41) is 4.02. The van der Waals surface area contributed by atoms with Crippen molar-refractivity contribution in [2.75, 3.05) is 6.54 Å². The summed E-state index contributed by atoms with van der Waals surface area (Å²) in [6, 6.07) is 2.15. The molecule has 1 atom stereocenters. The molecular weight excluding hydrogens is 232 g/mol. The summed E-state index contributed by atoms with van der Waals surface area (Å²) >= 11 is 7.61. The number of thiazole rings is 1. The zero-order valence-electron chi connectivity index (χ0n) is 7.87. The molecule has 5 heteroatoms. The Morgan fingerprint density at radius 2 is 2.53 bits per heavy atom. The molecule has 0 radical (unpaired) electrons. The van der Waals surface area contributed by atoms with E-state index in [2.05, 4.69) is 10.3 Å². The number of nitrogens with zero attached hydrogens (tertiary/aromatic N) is 1. The highest BCUT2D eigenvalue weighted by molar-refractivity contribution is 7.10. The van der Waals surface area contributed by atoms with E-state index in [-0.39, 0.29) is 6.04 Å². The lowest BCUT2D eigenvalue weighted by Crippen LogP contribution is -2.29. The number of furan rings is 1. The van der Waals surface area contributed by atoms with E-state index < -0.39 is 0 Å². The zero-order chi connectivity index (χ0) is 10.3. The second kappa shape index (κ2) is 3.63. The third kappa shape index (κ3) is 1.49. The number of nitrogens with one attached hydrogen (secondary N) is 1. The maximum Gasteiger partial charge on any atom is 0.145 e. The van der Waals surface area contributed by atoms with E-state index in [0.29, 0.717) is 5.15 Å². The second-order valence-corrected chi connectivity index (χ2v) is 4.69. The van der Waals surface area contributed by atoms with Crippen LogP contribution in [0.5, 0.6) is 0 Å². The van der Waals surface area contributed by atoms with Crippen LogP contribution < -0.4 is 5.32 Å². The Hall–Kier alpha value is -0.840. The molecule has 0 fully saturated rings. The normalized spacial score (nSPS) is 20.2. The van der Waals surface area contributed by atoms with Crippen LogP contribution in [0.15, 0.2) is 22.3 Å². The van der Waals surface area contributed by atoms with Crippen molar-refractivity contribution in [3.05, 3.63) is 39.2 Å². The van der Waals surface area contributed by atoms with Crippen molar-refractivity contribution in [3.8, 4) is 0 Å². The van der Waals surface area contributed by atoms with Gasteiger partial charge in [-0.1, -0.05) is 11.6 Å². The molecule has 78 valence electrons. The number of rotatable bonds is 1. The van der Waals surface area contributed by atoms with E-state index in [1.807, 2.05) is 6.07 Å². The van der Waals surface area contributed by atoms with E-state index in [9.17, 15) is 0 Å². The minimum absolute atomic E-state index is 0.146. The summed E-state index contributed by atoms with van der Waals surface area (Å²) in [5.41, 5.74) is 2.96. The zero-order valence-corrected chi connectivity index (χ0v) is 9.44. The first-order valence-electron chi connectivity index (χ1n) is 4.75. The van der Waals surface area contributed by atoms with Crippen LogP contribution in [0.25, 0.3) is 0 Å². The molecular formula is C10H9ClN2OS. The van der Waals surface area contributed by atoms with Crippen molar-refractivity contribution < 1.29 is 4.42 Å². The molecule has 0 aliphatic carbocycles. The van der Waals surface area contributed by atoms with Gasteiger partial charge in [0.15, 0.2) is 0 Å². The molecule has 15 heavy (non-hydrogen) atoms. The average molecular weight is 241 g/mol. The van der Waals surface area contributed by atoms with Gasteiger partial charge in [0.1, 0.15) is 10.9 Å². The lowest BCUT2D eigenvalue weighted by molar-refractivity contribution is 0.458. The highest BCUT2D eigenvalue weighted by atomic mass is 35.5. The highest BCUT2D eigenvalue weighted by Crippen LogP contribution is 2.35. The van der Waals surface area contributed by atoms with Gasteiger partial charge in [-0.05, 0) is 6.07 Å². The Bertz CT molecular complexity index is 479. The standard InChI is InChI=1S/C10H9ClN2OS/c11-10-9(15-5-13-10)8-6-2-4-14-7(6)1-3-12-8/h2,4-5,8,12H,1,3H2. The molecule has 3 nitrogen and oxygen atoms in total. The van der Waals surface area contributed by atoms with E-state index in [1.165, 1.54) is 5.56 Å². The second-order valence-electron chi connectivity index (χ2n) is 3.44. The molecule has 0 amide bonds. The summed E-state index contributed by atoms with van der Waals surface area (Å²) < 4.78 is 5.43. The number of halogens is 1. The monoisotopic (exact) mass is 240 g/mol. The van der Waals surface area contributed by atoms with Crippen LogP contribution in [0, 0.1) is 0 Å². The first-order valence-corrected chi connectivity index (χ1v) is 6.00. The first-order chi connectivity index (χ1) is 7.36. The molecule has 0 bridgehead atoms. The Morgan fingerprint density at radius 3 is 3.33 bits per heavy atom. The average Bonchev–Trinajstić information content (AvgIpc) is 2.85. The molecule has 3 heterocycles. The van der Waals surface area contributed by atoms with Crippen molar-refractivity contribution in [3.63, 3.8) is 0 Å². The minimum atomic E-state index is 0.146. The van der Waals surface area contributed by atoms with Gasteiger partial charge in [-0.25, -0.2) is 4.98 Å². The summed E-state index contributed by atoms with van der Waals surface area (Å²) in [6.45, 7) is 0.916. The number of hydrogen-bond donors (Lipinski definition) is 1. The molecule has 3 rings (SSSR count).